The summed E-state index contributed by atoms with van der Waals surface area (Å²) in [6.07, 6.45) is 0.227. The van der Waals surface area contributed by atoms with Crippen LogP contribution in [0.2, 0.25) is 0 Å². The van der Waals surface area contributed by atoms with Crippen molar-refractivity contribution in [3.8, 4) is 5.75 Å². The number of halogens is 1. The Kier molecular flexibility index (Phi) is 7.90. The number of aryl methyl sites for hydroxylation is 1. The Balaban J connectivity index is 0.000000550. The lowest BCUT2D eigenvalue weighted by molar-refractivity contribution is -0.142. The number of methoxy groups -OCH3 is 1. The average molecular weight is 411 g/mol. The fourth-order valence-electron chi connectivity index (χ4n) is 2.34. The maximum absolute atomic E-state index is 11.7. The lowest BCUT2D eigenvalue weighted by atomic mass is 9.98. The number of carbonyl (C=O) groups excluding carboxylic acids is 1. The Morgan fingerprint density at radius 3 is 2.36 bits per heavy atom. The van der Waals surface area contributed by atoms with Gasteiger partial charge in [0, 0.05) is 15.4 Å². The Morgan fingerprint density at radius 1 is 1.24 bits per heavy atom. The second-order valence-electron chi connectivity index (χ2n) is 6.69. The molecule has 2 rings (SSSR count). The van der Waals surface area contributed by atoms with E-state index in [-0.39, 0.29) is 12.4 Å². The molecule has 0 atom stereocenters. The zero-order valence-electron chi connectivity index (χ0n) is 15.8. The van der Waals surface area contributed by atoms with Crippen molar-refractivity contribution in [1.29, 1.82) is 0 Å². The number of ether oxygens (including phenoxy) is 2. The van der Waals surface area contributed by atoms with E-state index in [1.54, 1.807) is 34.8 Å². The highest BCUT2D eigenvalue weighted by atomic mass is 79.9. The molecule has 0 aliphatic rings. The van der Waals surface area contributed by atoms with Gasteiger partial charge in [0.1, 0.15) is 5.75 Å². The molecule has 0 aromatic heterocycles. The predicted molar refractivity (Wildman–Crippen MR) is 105 cm³/mol. The van der Waals surface area contributed by atoms with Crippen molar-refractivity contribution in [1.82, 2.24) is 0 Å². The average Bonchev–Trinajstić information content (AvgIpc) is 2.48. The molecule has 0 saturated heterocycles. The molecule has 0 amide bonds. The van der Waals surface area contributed by atoms with Gasteiger partial charge in [0.15, 0.2) is 0 Å². The van der Waals surface area contributed by atoms with Crippen molar-refractivity contribution >= 4 is 32.7 Å². The minimum Gasteiger partial charge on any atom is -0.496 e. The number of benzene rings is 2. The van der Waals surface area contributed by atoms with Crippen LogP contribution in [0.15, 0.2) is 28.7 Å². The third-order valence-electron chi connectivity index (χ3n) is 3.24. The summed E-state index contributed by atoms with van der Waals surface area (Å²) in [5, 5.41) is 10.6. The first-order valence-corrected chi connectivity index (χ1v) is 9.00. The fraction of sp³-hybridized carbons (Fsp3) is 0.450. The van der Waals surface area contributed by atoms with Crippen LogP contribution in [-0.2, 0) is 16.0 Å². The summed E-state index contributed by atoms with van der Waals surface area (Å²) in [5.74, 6) is 0.512. The van der Waals surface area contributed by atoms with E-state index < -0.39 is 5.60 Å². The first-order chi connectivity index (χ1) is 11.6. The molecule has 4 nitrogen and oxygen atoms in total. The maximum Gasteiger partial charge on any atom is 0.310 e. The van der Waals surface area contributed by atoms with E-state index in [2.05, 4.69) is 22.0 Å². The molecular weight excluding hydrogens is 384 g/mol. The lowest BCUT2D eigenvalue weighted by Gasteiger charge is -2.15. The molecule has 2 aromatic carbocycles. The largest absolute Gasteiger partial charge is 0.496 e. The number of aliphatic hydroxyl groups is 1. The minimum atomic E-state index is -0.500. The highest BCUT2D eigenvalue weighted by Gasteiger charge is 2.16. The Hall–Kier alpha value is -1.59. The molecular formula is C20H27BrO4. The van der Waals surface area contributed by atoms with Crippen LogP contribution in [0.4, 0.5) is 0 Å². The van der Waals surface area contributed by atoms with Crippen LogP contribution in [0, 0.1) is 6.92 Å². The van der Waals surface area contributed by atoms with E-state index in [9.17, 15) is 4.79 Å². The molecule has 0 radical (unpaired) electrons. The minimum absolute atomic E-state index is 0.227. The van der Waals surface area contributed by atoms with Crippen molar-refractivity contribution in [3.05, 3.63) is 39.9 Å². The summed E-state index contributed by atoms with van der Waals surface area (Å²) in [6.45, 7) is 9.40. The van der Waals surface area contributed by atoms with Gasteiger partial charge in [-0.25, -0.2) is 0 Å². The molecule has 138 valence electrons. The zero-order valence-corrected chi connectivity index (χ0v) is 17.4. The standard InChI is InChI=1S/C16H17BrO3.C4H10O/c1-4-20-15(18)9-12-10(2)8-13-11(16(12)19-3)6-5-7-14(13)17;1-4(2,3)5/h5-8H,4,9H2,1-3H3;5H,1-3H3. The van der Waals surface area contributed by atoms with Gasteiger partial charge in [-0.3, -0.25) is 4.79 Å². The van der Waals surface area contributed by atoms with E-state index in [1.807, 2.05) is 25.1 Å². The molecule has 1 N–H and O–H groups in total. The van der Waals surface area contributed by atoms with Crippen LogP contribution in [0.25, 0.3) is 10.8 Å². The molecule has 0 spiro atoms. The normalized spacial score (nSPS) is 10.9. The van der Waals surface area contributed by atoms with E-state index in [1.165, 1.54) is 0 Å². The van der Waals surface area contributed by atoms with E-state index >= 15 is 0 Å². The second-order valence-corrected chi connectivity index (χ2v) is 7.55. The van der Waals surface area contributed by atoms with E-state index in [4.69, 9.17) is 14.6 Å². The molecule has 2 aromatic rings. The van der Waals surface area contributed by atoms with Crippen molar-refractivity contribution in [2.75, 3.05) is 13.7 Å². The third-order valence-corrected chi connectivity index (χ3v) is 3.93. The summed E-state index contributed by atoms with van der Waals surface area (Å²) < 4.78 is 11.6. The van der Waals surface area contributed by atoms with Crippen molar-refractivity contribution in [3.63, 3.8) is 0 Å². The van der Waals surface area contributed by atoms with Crippen LogP contribution >= 0.6 is 15.9 Å². The topological polar surface area (TPSA) is 55.8 Å². The monoisotopic (exact) mass is 410 g/mol. The zero-order chi connectivity index (χ0) is 19.2. The Labute approximate surface area is 158 Å². The Morgan fingerprint density at radius 2 is 1.84 bits per heavy atom. The van der Waals surface area contributed by atoms with Gasteiger partial charge in [0.25, 0.3) is 0 Å². The summed E-state index contributed by atoms with van der Waals surface area (Å²) in [4.78, 5) is 11.7. The number of hydrogen-bond donors (Lipinski definition) is 1. The van der Waals surface area contributed by atoms with Crippen LogP contribution < -0.4 is 4.74 Å². The number of fused-ring (bicyclic) bond motifs is 1. The van der Waals surface area contributed by atoms with Crippen molar-refractivity contribution in [2.24, 2.45) is 0 Å². The highest BCUT2D eigenvalue weighted by molar-refractivity contribution is 9.10. The first-order valence-electron chi connectivity index (χ1n) is 8.21. The van der Waals surface area contributed by atoms with Crippen molar-refractivity contribution in [2.45, 2.75) is 46.6 Å². The quantitative estimate of drug-likeness (QED) is 0.735. The van der Waals surface area contributed by atoms with Crippen LogP contribution in [0.1, 0.15) is 38.8 Å². The van der Waals surface area contributed by atoms with E-state index in [0.29, 0.717) is 6.61 Å². The summed E-state index contributed by atoms with van der Waals surface area (Å²) in [7, 11) is 1.63. The van der Waals surface area contributed by atoms with Gasteiger partial charge in [0.2, 0.25) is 0 Å². The lowest BCUT2D eigenvalue weighted by Crippen LogP contribution is -2.10. The molecule has 0 heterocycles. The van der Waals surface area contributed by atoms with Crippen LogP contribution in [-0.4, -0.2) is 30.4 Å². The SMILES string of the molecule is CC(C)(C)O.CCOC(=O)Cc1c(C)cc2c(Br)cccc2c1OC. The van der Waals surface area contributed by atoms with E-state index in [0.717, 1.165) is 32.1 Å². The Bertz CT molecular complexity index is 727. The second kappa shape index (κ2) is 9.20. The summed E-state index contributed by atoms with van der Waals surface area (Å²) in [6, 6.07) is 8.01. The highest BCUT2D eigenvalue weighted by Crippen LogP contribution is 2.36. The molecule has 0 aliphatic carbocycles. The smallest absolute Gasteiger partial charge is 0.310 e. The molecule has 0 saturated carbocycles. The number of hydrogen-bond acceptors (Lipinski definition) is 4. The third kappa shape index (κ3) is 6.67. The van der Waals surface area contributed by atoms with Gasteiger partial charge < -0.3 is 14.6 Å². The first kappa shape index (κ1) is 21.5. The van der Waals surface area contributed by atoms with Gasteiger partial charge >= 0.3 is 5.97 Å². The predicted octanol–water partition coefficient (Wildman–Crippen LogP) is 4.80. The summed E-state index contributed by atoms with van der Waals surface area (Å²) >= 11 is 3.55. The summed E-state index contributed by atoms with van der Waals surface area (Å²) in [5.41, 5.74) is 1.41. The molecule has 5 heteroatoms. The maximum atomic E-state index is 11.7. The van der Waals surface area contributed by atoms with Gasteiger partial charge in [-0.1, -0.05) is 28.1 Å². The number of esters is 1. The van der Waals surface area contributed by atoms with Gasteiger partial charge in [-0.2, -0.15) is 0 Å². The number of carbonyl (C=O) groups is 1. The van der Waals surface area contributed by atoms with Crippen molar-refractivity contribution < 1.29 is 19.4 Å². The molecule has 0 fully saturated rings. The van der Waals surface area contributed by atoms with Gasteiger partial charge in [-0.15, -0.1) is 0 Å². The molecule has 25 heavy (non-hydrogen) atoms. The molecule has 0 aliphatic heterocycles. The fourth-order valence-corrected chi connectivity index (χ4v) is 2.82. The van der Waals surface area contributed by atoms with Gasteiger partial charge in [0.05, 0.1) is 25.7 Å². The molecule has 0 bridgehead atoms. The van der Waals surface area contributed by atoms with Crippen LogP contribution in [0.5, 0.6) is 5.75 Å². The van der Waals surface area contributed by atoms with Crippen LogP contribution in [0.3, 0.4) is 0 Å². The number of rotatable bonds is 4. The van der Waals surface area contributed by atoms with Gasteiger partial charge in [-0.05, 0) is 57.7 Å². The molecule has 0 unspecified atom stereocenters.